The zero-order valence-electron chi connectivity index (χ0n) is 12.1. The molecule has 1 aromatic carbocycles. The van der Waals surface area contributed by atoms with E-state index < -0.39 is 24.0 Å². The summed E-state index contributed by atoms with van der Waals surface area (Å²) in [5, 5.41) is 5.25. The van der Waals surface area contributed by atoms with Crippen LogP contribution in [0.1, 0.15) is 19.4 Å². The molecule has 0 spiro atoms. The number of rotatable bonds is 5. The number of urea groups is 1. The smallest absolute Gasteiger partial charge is 0.321 e. The molecule has 0 saturated heterocycles. The van der Waals surface area contributed by atoms with Gasteiger partial charge in [-0.3, -0.25) is 14.9 Å². The number of halogens is 2. The summed E-state index contributed by atoms with van der Waals surface area (Å²) in [6, 6.07) is 4.07. The molecule has 0 heterocycles. The lowest BCUT2D eigenvalue weighted by molar-refractivity contribution is -0.153. The van der Waals surface area contributed by atoms with Crippen LogP contribution >= 0.6 is 23.2 Å². The fraction of sp³-hybridized carbons (Fsp3) is 0.357. The number of hydrogen-bond donors (Lipinski definition) is 2. The first kappa shape index (κ1) is 18.3. The predicted molar refractivity (Wildman–Crippen MR) is 82.9 cm³/mol. The van der Waals surface area contributed by atoms with Crippen LogP contribution in [0.4, 0.5) is 4.79 Å². The number of carbonyl (C=O) groups excluding carboxylic acids is 3. The summed E-state index contributed by atoms with van der Waals surface area (Å²) in [6.45, 7) is 3.46. The van der Waals surface area contributed by atoms with Crippen molar-refractivity contribution in [1.82, 2.24) is 10.6 Å². The summed E-state index contributed by atoms with van der Waals surface area (Å²) >= 11 is 11.7. The summed E-state index contributed by atoms with van der Waals surface area (Å²) in [6.07, 6.45) is -1.20. The predicted octanol–water partition coefficient (Wildman–Crippen LogP) is 2.31. The van der Waals surface area contributed by atoms with Crippen molar-refractivity contribution in [3.05, 3.63) is 33.8 Å². The van der Waals surface area contributed by atoms with Gasteiger partial charge < -0.3 is 10.1 Å². The van der Waals surface area contributed by atoms with Crippen LogP contribution in [0.25, 0.3) is 0 Å². The summed E-state index contributed by atoms with van der Waals surface area (Å²) < 4.78 is 4.96. The van der Waals surface area contributed by atoms with E-state index in [1.807, 2.05) is 0 Å². The van der Waals surface area contributed by atoms with Gasteiger partial charge in [0.1, 0.15) is 0 Å². The standard InChI is InChI=1S/C14H16Cl2N2O4/c1-3-17-14(21)18-13(20)8(2)22-12(19)6-9-4-5-10(15)7-11(9)16/h4-5,7-8H,3,6H2,1-2H3,(H2,17,18,20,21)/t8-/m0/s1. The molecule has 0 radical (unpaired) electrons. The molecule has 0 bridgehead atoms. The first-order chi connectivity index (χ1) is 10.3. The lowest BCUT2D eigenvalue weighted by Crippen LogP contribution is -2.44. The summed E-state index contributed by atoms with van der Waals surface area (Å²) in [7, 11) is 0. The van der Waals surface area contributed by atoms with Crippen LogP contribution in [0.5, 0.6) is 0 Å². The molecule has 6 nitrogen and oxygen atoms in total. The molecule has 8 heteroatoms. The minimum atomic E-state index is -1.10. The number of esters is 1. The van der Waals surface area contributed by atoms with Crippen molar-refractivity contribution in [2.24, 2.45) is 0 Å². The van der Waals surface area contributed by atoms with Crippen LogP contribution in [-0.4, -0.2) is 30.6 Å². The molecule has 1 aromatic rings. The number of ether oxygens (including phenoxy) is 1. The van der Waals surface area contributed by atoms with Crippen LogP contribution in [0.2, 0.25) is 10.0 Å². The van der Waals surface area contributed by atoms with E-state index in [0.29, 0.717) is 22.2 Å². The highest BCUT2D eigenvalue weighted by molar-refractivity contribution is 6.35. The molecule has 0 aliphatic rings. The lowest BCUT2D eigenvalue weighted by Gasteiger charge is -2.13. The van der Waals surface area contributed by atoms with Crippen molar-refractivity contribution in [1.29, 1.82) is 0 Å². The minimum Gasteiger partial charge on any atom is -0.452 e. The van der Waals surface area contributed by atoms with E-state index in [1.165, 1.54) is 13.0 Å². The lowest BCUT2D eigenvalue weighted by atomic mass is 10.1. The molecule has 120 valence electrons. The van der Waals surface area contributed by atoms with Crippen LogP contribution in [0.3, 0.4) is 0 Å². The highest BCUT2D eigenvalue weighted by Crippen LogP contribution is 2.21. The van der Waals surface area contributed by atoms with Gasteiger partial charge in [0.2, 0.25) is 0 Å². The second-order valence-corrected chi connectivity index (χ2v) is 5.24. The van der Waals surface area contributed by atoms with Crippen molar-refractivity contribution in [2.45, 2.75) is 26.4 Å². The molecule has 0 aliphatic carbocycles. The number of imide groups is 1. The molecular weight excluding hydrogens is 331 g/mol. The van der Waals surface area contributed by atoms with Crippen molar-refractivity contribution in [3.8, 4) is 0 Å². The Hall–Kier alpha value is -1.79. The number of hydrogen-bond acceptors (Lipinski definition) is 4. The van der Waals surface area contributed by atoms with Crippen molar-refractivity contribution < 1.29 is 19.1 Å². The number of carbonyl (C=O) groups is 3. The van der Waals surface area contributed by atoms with E-state index in [2.05, 4.69) is 10.6 Å². The third kappa shape index (κ3) is 5.91. The van der Waals surface area contributed by atoms with Gasteiger partial charge in [0.05, 0.1) is 6.42 Å². The van der Waals surface area contributed by atoms with Gasteiger partial charge in [-0.25, -0.2) is 4.79 Å². The maximum Gasteiger partial charge on any atom is 0.321 e. The van der Waals surface area contributed by atoms with Crippen molar-refractivity contribution >= 4 is 41.1 Å². The monoisotopic (exact) mass is 346 g/mol. The fourth-order valence-corrected chi connectivity index (χ4v) is 2.01. The van der Waals surface area contributed by atoms with Gasteiger partial charge in [-0.15, -0.1) is 0 Å². The highest BCUT2D eigenvalue weighted by Gasteiger charge is 2.20. The Morgan fingerprint density at radius 3 is 2.55 bits per heavy atom. The Labute approximate surface area is 138 Å². The molecule has 0 fully saturated rings. The summed E-state index contributed by atoms with van der Waals surface area (Å²) in [4.78, 5) is 34.6. The van der Waals surface area contributed by atoms with Crippen molar-refractivity contribution in [3.63, 3.8) is 0 Å². The topological polar surface area (TPSA) is 84.5 Å². The van der Waals surface area contributed by atoms with E-state index in [1.54, 1.807) is 19.1 Å². The van der Waals surface area contributed by atoms with E-state index in [9.17, 15) is 14.4 Å². The summed E-state index contributed by atoms with van der Waals surface area (Å²) in [5.74, 6) is -1.34. The van der Waals surface area contributed by atoms with Gasteiger partial charge >= 0.3 is 12.0 Å². The average molecular weight is 347 g/mol. The van der Waals surface area contributed by atoms with Gasteiger partial charge in [-0.05, 0) is 31.5 Å². The molecular formula is C14H16Cl2N2O4. The van der Waals surface area contributed by atoms with E-state index in [0.717, 1.165) is 0 Å². The van der Waals surface area contributed by atoms with E-state index in [-0.39, 0.29) is 6.42 Å². The second-order valence-electron chi connectivity index (χ2n) is 4.39. The molecule has 22 heavy (non-hydrogen) atoms. The number of benzene rings is 1. The SMILES string of the molecule is CCNC(=O)NC(=O)[C@H](C)OC(=O)Cc1ccc(Cl)cc1Cl. The van der Waals surface area contributed by atoms with Gasteiger partial charge in [0.25, 0.3) is 5.91 Å². The molecule has 0 aromatic heterocycles. The van der Waals surface area contributed by atoms with E-state index in [4.69, 9.17) is 27.9 Å². The van der Waals surface area contributed by atoms with Crippen molar-refractivity contribution in [2.75, 3.05) is 6.54 Å². The second kappa shape index (κ2) is 8.60. The maximum absolute atomic E-state index is 11.8. The molecule has 1 atom stereocenters. The normalized spacial score (nSPS) is 11.5. The Balaban J connectivity index is 2.53. The quantitative estimate of drug-likeness (QED) is 0.801. The highest BCUT2D eigenvalue weighted by atomic mass is 35.5. The molecule has 0 saturated carbocycles. The van der Waals surface area contributed by atoms with Gasteiger partial charge in [0, 0.05) is 16.6 Å². The van der Waals surface area contributed by atoms with E-state index >= 15 is 0 Å². The third-order valence-electron chi connectivity index (χ3n) is 2.60. The fourth-order valence-electron chi connectivity index (χ4n) is 1.53. The number of amides is 3. The Morgan fingerprint density at radius 2 is 1.95 bits per heavy atom. The van der Waals surface area contributed by atoms with Crippen LogP contribution in [-0.2, 0) is 20.7 Å². The van der Waals surface area contributed by atoms with Crippen LogP contribution < -0.4 is 10.6 Å². The Morgan fingerprint density at radius 1 is 1.27 bits per heavy atom. The largest absolute Gasteiger partial charge is 0.452 e. The van der Waals surface area contributed by atoms with Gasteiger partial charge in [0.15, 0.2) is 6.10 Å². The number of nitrogens with one attached hydrogen (secondary N) is 2. The molecule has 1 rings (SSSR count). The zero-order valence-corrected chi connectivity index (χ0v) is 13.6. The van der Waals surface area contributed by atoms with Crippen LogP contribution in [0.15, 0.2) is 18.2 Å². The Kier molecular flexibility index (Phi) is 7.14. The first-order valence-corrected chi connectivity index (χ1v) is 7.31. The van der Waals surface area contributed by atoms with Crippen LogP contribution in [0, 0.1) is 0 Å². The first-order valence-electron chi connectivity index (χ1n) is 6.55. The molecule has 2 N–H and O–H groups in total. The third-order valence-corrected chi connectivity index (χ3v) is 3.19. The molecule has 0 unspecified atom stereocenters. The maximum atomic E-state index is 11.8. The average Bonchev–Trinajstić information content (AvgIpc) is 2.42. The molecule has 0 aliphatic heterocycles. The van der Waals surface area contributed by atoms with Gasteiger partial charge in [-0.2, -0.15) is 0 Å². The van der Waals surface area contributed by atoms with Gasteiger partial charge in [-0.1, -0.05) is 29.3 Å². The zero-order chi connectivity index (χ0) is 16.7. The Bertz CT molecular complexity index is 578. The summed E-state index contributed by atoms with van der Waals surface area (Å²) in [5.41, 5.74) is 0.535. The minimum absolute atomic E-state index is 0.102. The molecule has 3 amide bonds.